The Kier molecular flexibility index (Phi) is 5.61. The van der Waals surface area contributed by atoms with E-state index in [0.717, 1.165) is 25.5 Å². The fraction of sp³-hybridized carbons (Fsp3) is 0.550. The Morgan fingerprint density at radius 2 is 2.16 bits per heavy atom. The molecular weight excluding hydrogens is 423 g/mol. The fourth-order valence-electron chi connectivity index (χ4n) is 4.49. The number of aliphatic imine (C=N–C) groups is 1. The van der Waals surface area contributed by atoms with Gasteiger partial charge in [0.05, 0.1) is 0 Å². The molecule has 1 aliphatic carbocycles. The van der Waals surface area contributed by atoms with Gasteiger partial charge in [0.15, 0.2) is 5.96 Å². The van der Waals surface area contributed by atoms with Gasteiger partial charge in [0.25, 0.3) is 0 Å². The highest BCUT2D eigenvalue weighted by Crippen LogP contribution is 2.47. The molecule has 2 N–H and O–H groups in total. The first-order valence-electron chi connectivity index (χ1n) is 9.22. The van der Waals surface area contributed by atoms with Crippen LogP contribution in [0.25, 0.3) is 10.9 Å². The van der Waals surface area contributed by atoms with E-state index in [0.29, 0.717) is 5.41 Å². The Labute approximate surface area is 167 Å². The maximum Gasteiger partial charge on any atom is 0.193 e. The van der Waals surface area contributed by atoms with Gasteiger partial charge in [-0.3, -0.25) is 4.99 Å². The molecule has 1 saturated carbocycles. The van der Waals surface area contributed by atoms with Crippen LogP contribution in [-0.4, -0.2) is 42.5 Å². The maximum absolute atomic E-state index is 4.52. The fourth-order valence-corrected chi connectivity index (χ4v) is 4.49. The molecule has 5 heteroatoms. The normalized spacial score (nSPS) is 19.1. The van der Waals surface area contributed by atoms with E-state index >= 15 is 0 Å². The molecule has 4 rings (SSSR count). The first-order chi connectivity index (χ1) is 11.7. The zero-order valence-corrected chi connectivity index (χ0v) is 17.6. The van der Waals surface area contributed by atoms with Crippen molar-refractivity contribution in [3.63, 3.8) is 0 Å². The molecule has 2 heterocycles. The number of likely N-dealkylation sites (tertiary alicyclic amines) is 1. The molecule has 1 aliphatic heterocycles. The molecule has 1 spiro atoms. The first kappa shape index (κ1) is 18.5. The Morgan fingerprint density at radius 1 is 1.32 bits per heavy atom. The van der Waals surface area contributed by atoms with Crippen molar-refractivity contribution in [1.29, 1.82) is 0 Å². The Morgan fingerprint density at radius 3 is 2.84 bits per heavy atom. The number of aromatic amines is 1. The highest BCUT2D eigenvalue weighted by atomic mass is 127. The van der Waals surface area contributed by atoms with Crippen LogP contribution in [0.5, 0.6) is 0 Å². The van der Waals surface area contributed by atoms with E-state index in [2.05, 4.69) is 51.5 Å². The molecule has 136 valence electrons. The minimum absolute atomic E-state index is 0. The third-order valence-electron chi connectivity index (χ3n) is 6.04. The first-order valence-corrected chi connectivity index (χ1v) is 9.22. The lowest BCUT2D eigenvalue weighted by Gasteiger charge is -2.38. The van der Waals surface area contributed by atoms with Crippen LogP contribution in [0, 0.1) is 12.3 Å². The van der Waals surface area contributed by atoms with Gasteiger partial charge in [-0.2, -0.15) is 0 Å². The monoisotopic (exact) mass is 452 g/mol. The van der Waals surface area contributed by atoms with E-state index in [9.17, 15) is 0 Å². The minimum atomic E-state index is 0. The molecule has 2 fully saturated rings. The van der Waals surface area contributed by atoms with E-state index in [1.54, 1.807) is 0 Å². The summed E-state index contributed by atoms with van der Waals surface area (Å²) in [7, 11) is 1.91. The summed E-state index contributed by atoms with van der Waals surface area (Å²) in [5, 5.41) is 4.96. The topological polar surface area (TPSA) is 43.4 Å². The van der Waals surface area contributed by atoms with Gasteiger partial charge in [0, 0.05) is 43.8 Å². The summed E-state index contributed by atoms with van der Waals surface area (Å²) in [6.45, 7) is 5.47. The van der Waals surface area contributed by atoms with Crippen molar-refractivity contribution in [1.82, 2.24) is 15.2 Å². The lowest BCUT2D eigenvalue weighted by Crippen LogP contribution is -2.43. The number of hydrogen-bond acceptors (Lipinski definition) is 1. The van der Waals surface area contributed by atoms with Crippen LogP contribution in [0.1, 0.15) is 36.8 Å². The van der Waals surface area contributed by atoms with E-state index in [1.165, 1.54) is 54.3 Å². The third kappa shape index (κ3) is 3.52. The number of hydrogen-bond donors (Lipinski definition) is 2. The van der Waals surface area contributed by atoms with Crippen LogP contribution in [0.3, 0.4) is 0 Å². The van der Waals surface area contributed by atoms with Crippen molar-refractivity contribution in [3.05, 3.63) is 35.5 Å². The molecule has 1 aromatic heterocycles. The molecule has 25 heavy (non-hydrogen) atoms. The molecule has 2 aromatic rings. The summed E-state index contributed by atoms with van der Waals surface area (Å²) in [6, 6.07) is 6.45. The Hall–Kier alpha value is -1.24. The second-order valence-corrected chi connectivity index (χ2v) is 7.56. The second-order valence-electron chi connectivity index (χ2n) is 7.56. The molecule has 0 radical (unpaired) electrons. The van der Waals surface area contributed by atoms with E-state index in [1.807, 2.05) is 7.05 Å². The van der Waals surface area contributed by atoms with Gasteiger partial charge in [0.2, 0.25) is 0 Å². The number of halogens is 1. The summed E-state index contributed by atoms with van der Waals surface area (Å²) >= 11 is 0. The Bertz CT molecular complexity index is 760. The number of aryl methyl sites for hydroxylation is 1. The lowest BCUT2D eigenvalue weighted by molar-refractivity contribution is 0.151. The van der Waals surface area contributed by atoms with Crippen LogP contribution < -0.4 is 5.32 Å². The molecule has 0 unspecified atom stereocenters. The summed E-state index contributed by atoms with van der Waals surface area (Å²) in [5.41, 5.74) is 4.59. The summed E-state index contributed by atoms with van der Waals surface area (Å²) < 4.78 is 0. The number of guanidine groups is 1. The quantitative estimate of drug-likeness (QED) is 0.419. The number of benzene rings is 1. The predicted molar refractivity (Wildman–Crippen MR) is 116 cm³/mol. The zero-order valence-electron chi connectivity index (χ0n) is 15.3. The van der Waals surface area contributed by atoms with Crippen LogP contribution >= 0.6 is 24.0 Å². The standard InChI is InChI=1S/C20H28N4.HI/c1-15-5-3-6-17-18(15)16(13-23-17)7-11-22-19(21-2)24-12-10-20(14-24)8-4-9-20;/h3,5-6,13,23H,4,7-12,14H2,1-2H3,(H,21,22);1H. The average molecular weight is 452 g/mol. The van der Waals surface area contributed by atoms with Crippen molar-refractivity contribution >= 4 is 40.8 Å². The summed E-state index contributed by atoms with van der Waals surface area (Å²) in [6.07, 6.45) is 8.75. The van der Waals surface area contributed by atoms with Gasteiger partial charge in [0.1, 0.15) is 0 Å². The van der Waals surface area contributed by atoms with Gasteiger partial charge in [-0.15, -0.1) is 24.0 Å². The zero-order chi connectivity index (χ0) is 16.6. The van der Waals surface area contributed by atoms with E-state index in [-0.39, 0.29) is 24.0 Å². The van der Waals surface area contributed by atoms with Crippen LogP contribution in [0.15, 0.2) is 29.4 Å². The van der Waals surface area contributed by atoms with Gasteiger partial charge in [-0.05, 0) is 55.2 Å². The van der Waals surface area contributed by atoms with Crippen molar-refractivity contribution < 1.29 is 0 Å². The van der Waals surface area contributed by atoms with Gasteiger partial charge >= 0.3 is 0 Å². The minimum Gasteiger partial charge on any atom is -0.361 e. The van der Waals surface area contributed by atoms with Gasteiger partial charge in [-0.1, -0.05) is 18.6 Å². The maximum atomic E-state index is 4.52. The van der Waals surface area contributed by atoms with E-state index in [4.69, 9.17) is 0 Å². The second kappa shape index (κ2) is 7.56. The highest BCUT2D eigenvalue weighted by molar-refractivity contribution is 14.0. The molecule has 0 atom stereocenters. The number of nitrogens with one attached hydrogen (secondary N) is 2. The third-order valence-corrected chi connectivity index (χ3v) is 6.04. The number of H-pyrrole nitrogens is 1. The average Bonchev–Trinajstić information content (AvgIpc) is 3.17. The Balaban J connectivity index is 0.00000182. The summed E-state index contributed by atoms with van der Waals surface area (Å²) in [4.78, 5) is 10.4. The molecule has 0 bridgehead atoms. The number of rotatable bonds is 3. The largest absolute Gasteiger partial charge is 0.361 e. The van der Waals surface area contributed by atoms with Gasteiger partial charge < -0.3 is 15.2 Å². The smallest absolute Gasteiger partial charge is 0.193 e. The van der Waals surface area contributed by atoms with Gasteiger partial charge in [-0.25, -0.2) is 0 Å². The van der Waals surface area contributed by atoms with Crippen LogP contribution in [-0.2, 0) is 6.42 Å². The van der Waals surface area contributed by atoms with Crippen LogP contribution in [0.4, 0.5) is 0 Å². The van der Waals surface area contributed by atoms with Crippen molar-refractivity contribution in [3.8, 4) is 0 Å². The number of nitrogens with zero attached hydrogens (tertiary/aromatic N) is 2. The van der Waals surface area contributed by atoms with Crippen molar-refractivity contribution in [2.45, 2.75) is 39.0 Å². The molecule has 4 nitrogen and oxygen atoms in total. The van der Waals surface area contributed by atoms with E-state index < -0.39 is 0 Å². The lowest BCUT2D eigenvalue weighted by atomic mass is 9.68. The van der Waals surface area contributed by atoms with Crippen molar-refractivity contribution in [2.24, 2.45) is 10.4 Å². The molecule has 0 amide bonds. The number of fused-ring (bicyclic) bond motifs is 1. The molecule has 1 aromatic carbocycles. The predicted octanol–water partition coefficient (Wildman–Crippen LogP) is 4.09. The molecule has 2 aliphatic rings. The van der Waals surface area contributed by atoms with Crippen LogP contribution in [0.2, 0.25) is 0 Å². The molecule has 1 saturated heterocycles. The highest BCUT2D eigenvalue weighted by Gasteiger charge is 2.43. The summed E-state index contributed by atoms with van der Waals surface area (Å²) in [5.74, 6) is 1.08. The molecular formula is C20H29IN4. The number of aromatic nitrogens is 1. The SMILES string of the molecule is CN=C(NCCc1c[nH]c2cccc(C)c12)N1CCC2(CCC2)C1.I. The van der Waals surface area contributed by atoms with Crippen molar-refractivity contribution in [2.75, 3.05) is 26.7 Å².